The Morgan fingerprint density at radius 2 is 1.73 bits per heavy atom. The molecule has 0 saturated carbocycles. The van der Waals surface area contributed by atoms with Gasteiger partial charge in [0.25, 0.3) is 5.91 Å². The number of nitrogens with zero attached hydrogens (tertiary/aromatic N) is 4. The van der Waals surface area contributed by atoms with E-state index in [1.54, 1.807) is 0 Å². The van der Waals surface area contributed by atoms with E-state index >= 15 is 0 Å². The molecule has 0 aromatic rings. The van der Waals surface area contributed by atoms with Crippen LogP contribution in [0, 0.1) is 0 Å². The zero-order valence-corrected chi connectivity index (χ0v) is 14.6. The molecular weight excluding hydrogens is 276 g/mol. The number of hydrogen-bond donors (Lipinski definition) is 2. The smallest absolute Gasteiger partial charge is 0.250 e. The lowest BCUT2D eigenvalue weighted by Gasteiger charge is -2.51. The molecule has 2 aliphatic rings. The highest BCUT2D eigenvalue weighted by atomic mass is 15.6. The summed E-state index contributed by atoms with van der Waals surface area (Å²) in [5.74, 6) is 0.726. The highest BCUT2D eigenvalue weighted by Crippen LogP contribution is 2.24. The number of aliphatic imine (C=N–C) groups is 1. The highest BCUT2D eigenvalue weighted by molar-refractivity contribution is 5.73. The Hall–Kier alpha value is -1.11. The van der Waals surface area contributed by atoms with Crippen LogP contribution in [0.25, 0.3) is 0 Å². The lowest BCUT2D eigenvalue weighted by atomic mass is 10.2. The molecule has 0 amide bonds. The van der Waals surface area contributed by atoms with E-state index in [0.29, 0.717) is 0 Å². The summed E-state index contributed by atoms with van der Waals surface area (Å²) in [5, 5.41) is 7.19. The molecule has 0 aromatic carbocycles. The lowest BCUT2D eigenvalue weighted by Crippen LogP contribution is -2.71. The number of piperazine rings is 1. The third-order valence-electron chi connectivity index (χ3n) is 4.65. The molecule has 2 rings (SSSR count). The van der Waals surface area contributed by atoms with E-state index in [-0.39, 0.29) is 0 Å². The van der Waals surface area contributed by atoms with E-state index in [4.69, 9.17) is 4.99 Å². The maximum absolute atomic E-state index is 4.91. The molecule has 2 aliphatic heterocycles. The van der Waals surface area contributed by atoms with Crippen molar-refractivity contribution < 1.29 is 0 Å². The molecule has 22 heavy (non-hydrogen) atoms. The fourth-order valence-corrected chi connectivity index (χ4v) is 3.37. The average molecular weight is 308 g/mol. The van der Waals surface area contributed by atoms with Crippen molar-refractivity contribution in [3.8, 4) is 0 Å². The van der Waals surface area contributed by atoms with Gasteiger partial charge in [0.2, 0.25) is 0 Å². The van der Waals surface area contributed by atoms with E-state index < -0.39 is 5.91 Å². The van der Waals surface area contributed by atoms with E-state index in [0.717, 1.165) is 52.4 Å². The van der Waals surface area contributed by atoms with Crippen molar-refractivity contribution in [3.63, 3.8) is 0 Å². The molecule has 6 nitrogen and oxygen atoms in total. The maximum atomic E-state index is 4.91. The normalized spacial score (nSPS) is 26.0. The molecule has 0 bridgehead atoms. The first-order valence-electron chi connectivity index (χ1n) is 8.71. The Kier molecular flexibility index (Phi) is 6.23. The molecule has 1 saturated heterocycles. The summed E-state index contributed by atoms with van der Waals surface area (Å²) >= 11 is 0. The van der Waals surface area contributed by atoms with Crippen LogP contribution in [0.4, 0.5) is 0 Å². The predicted octanol–water partition coefficient (Wildman–Crippen LogP) is 0.702. The zero-order chi connectivity index (χ0) is 16.0. The molecule has 0 aromatic heterocycles. The van der Waals surface area contributed by atoms with Gasteiger partial charge in [0.15, 0.2) is 0 Å². The average Bonchev–Trinajstić information content (AvgIpc) is 2.58. The summed E-state index contributed by atoms with van der Waals surface area (Å²) in [5.41, 5.74) is 0. The van der Waals surface area contributed by atoms with Crippen LogP contribution in [0.1, 0.15) is 27.7 Å². The van der Waals surface area contributed by atoms with Gasteiger partial charge < -0.3 is 15.5 Å². The van der Waals surface area contributed by atoms with Crippen LogP contribution in [0.3, 0.4) is 0 Å². The second-order valence-electron chi connectivity index (χ2n) is 5.67. The van der Waals surface area contributed by atoms with Crippen molar-refractivity contribution in [3.05, 3.63) is 11.9 Å². The fourth-order valence-electron chi connectivity index (χ4n) is 3.37. The summed E-state index contributed by atoms with van der Waals surface area (Å²) in [4.78, 5) is 12.1. The van der Waals surface area contributed by atoms with Crippen LogP contribution < -0.4 is 10.6 Å². The van der Waals surface area contributed by atoms with Crippen molar-refractivity contribution in [2.45, 2.75) is 33.6 Å². The van der Waals surface area contributed by atoms with Gasteiger partial charge >= 0.3 is 0 Å². The molecule has 0 spiro atoms. The molecule has 0 aliphatic carbocycles. The first-order chi connectivity index (χ1) is 10.7. The van der Waals surface area contributed by atoms with Gasteiger partial charge in [-0.2, -0.15) is 0 Å². The van der Waals surface area contributed by atoms with Crippen LogP contribution in [-0.4, -0.2) is 79.2 Å². The standard InChI is InChI=1S/C16H32N6/c1-5-20(6-2)15-9-10-18-16(19-15,21(7-3)8-4)22-13-11-17-12-14-22/h9-10,17,19H,5-8,11-14H2,1-4H3. The summed E-state index contributed by atoms with van der Waals surface area (Å²) in [6.45, 7) is 16.8. The molecule has 2 heterocycles. The Morgan fingerprint density at radius 1 is 1.09 bits per heavy atom. The van der Waals surface area contributed by atoms with Crippen LogP contribution in [0.15, 0.2) is 16.9 Å². The third-order valence-corrected chi connectivity index (χ3v) is 4.65. The minimum absolute atomic E-state index is 0.446. The van der Waals surface area contributed by atoms with Crippen molar-refractivity contribution in [2.75, 3.05) is 52.4 Å². The van der Waals surface area contributed by atoms with Gasteiger partial charge in [-0.25, -0.2) is 14.8 Å². The topological polar surface area (TPSA) is 46.1 Å². The van der Waals surface area contributed by atoms with E-state index in [9.17, 15) is 0 Å². The first kappa shape index (κ1) is 17.2. The summed E-state index contributed by atoms with van der Waals surface area (Å²) in [6.07, 6.45) is 4.07. The van der Waals surface area contributed by atoms with Gasteiger partial charge in [0, 0.05) is 58.6 Å². The van der Waals surface area contributed by atoms with Crippen molar-refractivity contribution in [1.82, 2.24) is 25.3 Å². The summed E-state index contributed by atoms with van der Waals surface area (Å²) in [6, 6.07) is 0. The van der Waals surface area contributed by atoms with Crippen LogP contribution in [-0.2, 0) is 0 Å². The van der Waals surface area contributed by atoms with Gasteiger partial charge in [-0.15, -0.1) is 0 Å². The number of nitrogens with one attached hydrogen (secondary N) is 2. The molecule has 2 N–H and O–H groups in total. The second kappa shape index (κ2) is 7.94. The maximum Gasteiger partial charge on any atom is 0.250 e. The quantitative estimate of drug-likeness (QED) is 0.725. The molecule has 1 unspecified atom stereocenters. The molecule has 0 radical (unpaired) electrons. The Labute approximate surface area is 135 Å². The summed E-state index contributed by atoms with van der Waals surface area (Å²) < 4.78 is 0. The number of hydrogen-bond acceptors (Lipinski definition) is 6. The third kappa shape index (κ3) is 3.29. The van der Waals surface area contributed by atoms with E-state index in [1.165, 1.54) is 5.82 Å². The molecule has 1 fully saturated rings. The summed E-state index contributed by atoms with van der Waals surface area (Å²) in [7, 11) is 0. The van der Waals surface area contributed by atoms with E-state index in [1.807, 2.05) is 6.21 Å². The monoisotopic (exact) mass is 308 g/mol. The SMILES string of the molecule is CCN(CC)C1=CC=NC(N(CC)CC)(N2CCNCC2)N1. The number of rotatable bonds is 7. The molecule has 6 heteroatoms. The number of allylic oxidation sites excluding steroid dienone is 1. The van der Waals surface area contributed by atoms with Crippen molar-refractivity contribution in [1.29, 1.82) is 0 Å². The van der Waals surface area contributed by atoms with E-state index in [2.05, 4.69) is 59.1 Å². The van der Waals surface area contributed by atoms with Crippen molar-refractivity contribution in [2.24, 2.45) is 4.99 Å². The first-order valence-corrected chi connectivity index (χ1v) is 8.71. The van der Waals surface area contributed by atoms with Crippen LogP contribution >= 0.6 is 0 Å². The molecule has 126 valence electrons. The zero-order valence-electron chi connectivity index (χ0n) is 14.6. The Morgan fingerprint density at radius 3 is 2.27 bits per heavy atom. The van der Waals surface area contributed by atoms with Gasteiger partial charge in [-0.1, -0.05) is 13.8 Å². The Bertz CT molecular complexity index is 393. The largest absolute Gasteiger partial charge is 0.359 e. The van der Waals surface area contributed by atoms with Gasteiger partial charge in [0.05, 0.1) is 0 Å². The predicted molar refractivity (Wildman–Crippen MR) is 92.7 cm³/mol. The molecule has 1 atom stereocenters. The van der Waals surface area contributed by atoms with Gasteiger partial charge in [-0.05, 0) is 19.9 Å². The van der Waals surface area contributed by atoms with Crippen molar-refractivity contribution >= 4 is 6.21 Å². The lowest BCUT2D eigenvalue weighted by molar-refractivity contribution is -0.0792. The minimum Gasteiger partial charge on any atom is -0.359 e. The fraction of sp³-hybridized carbons (Fsp3) is 0.812. The highest BCUT2D eigenvalue weighted by Gasteiger charge is 2.43. The Balaban J connectivity index is 2.29. The van der Waals surface area contributed by atoms with Gasteiger partial charge in [-0.3, -0.25) is 0 Å². The van der Waals surface area contributed by atoms with Gasteiger partial charge in [0.1, 0.15) is 5.82 Å². The minimum atomic E-state index is -0.446. The molecular formula is C16H32N6. The second-order valence-corrected chi connectivity index (χ2v) is 5.67. The van der Waals surface area contributed by atoms with Crippen LogP contribution in [0.5, 0.6) is 0 Å². The van der Waals surface area contributed by atoms with Crippen LogP contribution in [0.2, 0.25) is 0 Å².